The number of ether oxygens (including phenoxy) is 2. The molecule has 3 aromatic carbocycles. The van der Waals surface area contributed by atoms with Gasteiger partial charge in [0.1, 0.15) is 15.9 Å². The third kappa shape index (κ3) is 4.67. The van der Waals surface area contributed by atoms with Crippen LogP contribution in [0.3, 0.4) is 0 Å². The van der Waals surface area contributed by atoms with Crippen LogP contribution >= 0.6 is 7.26 Å². The van der Waals surface area contributed by atoms with Crippen LogP contribution in [0, 0.1) is 0 Å². The molecule has 0 saturated carbocycles. The molecular weight excluding hydrogens is 399 g/mol. The largest absolute Gasteiger partial charge is 0.318 e. The highest BCUT2D eigenvalue weighted by atomic mass is 31.2. The molecule has 0 aliphatic heterocycles. The van der Waals surface area contributed by atoms with E-state index < -0.39 is 12.8 Å². The number of rotatable bonds is 11. The fourth-order valence-corrected chi connectivity index (χ4v) is 9.00. The Kier molecular flexibility index (Phi) is 8.60. The summed E-state index contributed by atoms with van der Waals surface area (Å²) in [6, 6.07) is 32.3. The Morgan fingerprint density at radius 2 is 1.03 bits per heavy atom. The summed E-state index contributed by atoms with van der Waals surface area (Å²) in [4.78, 5) is 0. The number of benzene rings is 3. The van der Waals surface area contributed by atoms with E-state index in [0.29, 0.717) is 13.2 Å². The zero-order chi connectivity index (χ0) is 22.0. The Morgan fingerprint density at radius 1 is 0.645 bits per heavy atom. The lowest BCUT2D eigenvalue weighted by Gasteiger charge is -2.41. The third-order valence-electron chi connectivity index (χ3n) is 5.38. The number of allylic oxidation sites excluding steroid dienone is 1. The van der Waals surface area contributed by atoms with Gasteiger partial charge in [0.2, 0.25) is 0 Å². The monoisotopic (exact) mass is 433 g/mol. The Balaban J connectivity index is 2.47. The van der Waals surface area contributed by atoms with Crippen molar-refractivity contribution in [3.63, 3.8) is 0 Å². The minimum atomic E-state index is -2.40. The molecule has 3 heteroatoms. The van der Waals surface area contributed by atoms with Gasteiger partial charge in [0.15, 0.2) is 7.26 Å². The predicted molar refractivity (Wildman–Crippen MR) is 135 cm³/mol. The molecule has 31 heavy (non-hydrogen) atoms. The van der Waals surface area contributed by atoms with Gasteiger partial charge < -0.3 is 9.47 Å². The lowest BCUT2D eigenvalue weighted by molar-refractivity contribution is -0.137. The van der Waals surface area contributed by atoms with Crippen molar-refractivity contribution in [1.82, 2.24) is 0 Å². The van der Waals surface area contributed by atoms with Crippen molar-refractivity contribution >= 4 is 23.2 Å². The van der Waals surface area contributed by atoms with E-state index in [4.69, 9.17) is 9.47 Å². The average molecular weight is 434 g/mol. The zero-order valence-electron chi connectivity index (χ0n) is 18.9. The minimum absolute atomic E-state index is 0.560. The first kappa shape index (κ1) is 23.4. The Bertz CT molecular complexity index is 820. The fraction of sp³-hybridized carbons (Fsp3) is 0.286. The molecule has 0 fully saturated rings. The first-order chi connectivity index (χ1) is 15.2. The van der Waals surface area contributed by atoms with Crippen molar-refractivity contribution in [1.29, 1.82) is 0 Å². The summed E-state index contributed by atoms with van der Waals surface area (Å²) < 4.78 is 13.4. The highest BCUT2D eigenvalue weighted by Gasteiger charge is 2.64. The Morgan fingerprint density at radius 3 is 1.35 bits per heavy atom. The summed E-state index contributed by atoms with van der Waals surface area (Å²) in [5, 5.41) is 3.74. The second-order valence-electron chi connectivity index (χ2n) is 7.37. The summed E-state index contributed by atoms with van der Waals surface area (Å²) in [7, 11) is -2.40. The summed E-state index contributed by atoms with van der Waals surface area (Å²) in [6.07, 6.45) is 6.50. The zero-order valence-corrected chi connectivity index (χ0v) is 19.8. The topological polar surface area (TPSA) is 18.5 Å². The molecule has 0 N–H and O–H groups in total. The first-order valence-electron chi connectivity index (χ1n) is 11.3. The van der Waals surface area contributed by atoms with Crippen molar-refractivity contribution in [3.05, 3.63) is 103 Å². The predicted octanol–water partition coefficient (Wildman–Crippen LogP) is 6.06. The molecule has 0 bridgehead atoms. The summed E-state index contributed by atoms with van der Waals surface area (Å²) >= 11 is 0. The average Bonchev–Trinajstić information content (AvgIpc) is 2.82. The maximum absolute atomic E-state index is 6.69. The van der Waals surface area contributed by atoms with E-state index in [0.717, 1.165) is 12.8 Å². The van der Waals surface area contributed by atoms with E-state index in [1.165, 1.54) is 15.9 Å². The van der Waals surface area contributed by atoms with Gasteiger partial charge in [-0.1, -0.05) is 74.0 Å². The SMILES string of the molecule is CCCC=CC(OCC)(OCC)[P+](c1ccccc1)(c1ccccc1)c1ccccc1. The summed E-state index contributed by atoms with van der Waals surface area (Å²) in [6.45, 7) is 7.42. The molecule has 0 heterocycles. The molecule has 0 saturated heterocycles. The second-order valence-corrected chi connectivity index (χ2v) is 10.9. The fourth-order valence-electron chi connectivity index (χ4n) is 4.20. The van der Waals surface area contributed by atoms with Crippen molar-refractivity contribution in [2.24, 2.45) is 0 Å². The Hall–Kier alpha value is -2.25. The van der Waals surface area contributed by atoms with Crippen LogP contribution in [0.4, 0.5) is 0 Å². The van der Waals surface area contributed by atoms with Crippen molar-refractivity contribution in [3.8, 4) is 0 Å². The molecular formula is C28H34O2P+. The van der Waals surface area contributed by atoms with Gasteiger partial charge >= 0.3 is 5.53 Å². The molecule has 0 amide bonds. The minimum Gasteiger partial charge on any atom is -0.315 e. The van der Waals surface area contributed by atoms with Gasteiger partial charge in [0.25, 0.3) is 0 Å². The smallest absolute Gasteiger partial charge is 0.315 e. The molecule has 162 valence electrons. The third-order valence-corrected chi connectivity index (χ3v) is 9.94. The van der Waals surface area contributed by atoms with Crippen molar-refractivity contribution < 1.29 is 9.47 Å². The van der Waals surface area contributed by atoms with Crippen molar-refractivity contribution in [2.75, 3.05) is 13.2 Å². The van der Waals surface area contributed by atoms with Gasteiger partial charge in [-0.25, -0.2) is 0 Å². The number of hydrogen-bond acceptors (Lipinski definition) is 2. The van der Waals surface area contributed by atoms with Gasteiger partial charge in [0.05, 0.1) is 13.2 Å². The van der Waals surface area contributed by atoms with Crippen LogP contribution in [-0.4, -0.2) is 18.7 Å². The molecule has 0 spiro atoms. The highest BCUT2D eigenvalue weighted by molar-refractivity contribution is 7.96. The molecule has 0 unspecified atom stereocenters. The molecule has 0 aromatic heterocycles. The number of hydrogen-bond donors (Lipinski definition) is 0. The quantitative estimate of drug-likeness (QED) is 0.208. The van der Waals surface area contributed by atoms with Gasteiger partial charge in [-0.3, -0.25) is 0 Å². The van der Waals surface area contributed by atoms with Gasteiger partial charge in [-0.15, -0.1) is 0 Å². The summed E-state index contributed by atoms with van der Waals surface area (Å²) in [5.41, 5.74) is -0.893. The molecule has 0 radical (unpaired) electrons. The molecule has 2 nitrogen and oxygen atoms in total. The van der Waals surface area contributed by atoms with E-state index >= 15 is 0 Å². The van der Waals surface area contributed by atoms with Crippen LogP contribution in [0.25, 0.3) is 0 Å². The maximum Gasteiger partial charge on any atom is 0.318 e. The number of unbranched alkanes of at least 4 members (excludes halogenated alkanes) is 1. The standard InChI is InChI=1S/C28H34O2P/c1-4-7-17-24-28(29-5-2,30-6-3)31(25-18-11-8-12-19-25,26-20-13-9-14-21-26)27-22-15-10-16-23-27/h8-24H,4-7H2,1-3H3/q+1. The molecule has 3 rings (SSSR count). The maximum atomic E-state index is 6.69. The van der Waals surface area contributed by atoms with E-state index in [1.54, 1.807) is 0 Å². The lowest BCUT2D eigenvalue weighted by Crippen LogP contribution is -2.50. The molecule has 0 aliphatic carbocycles. The second kappa shape index (κ2) is 11.4. The van der Waals surface area contributed by atoms with Gasteiger partial charge in [0, 0.05) is 6.08 Å². The summed E-state index contributed by atoms with van der Waals surface area (Å²) in [5.74, 6) is 0. The van der Waals surface area contributed by atoms with Crippen LogP contribution in [0.2, 0.25) is 0 Å². The normalized spacial score (nSPS) is 12.4. The first-order valence-corrected chi connectivity index (χ1v) is 13.1. The van der Waals surface area contributed by atoms with Crippen molar-refractivity contribution in [2.45, 2.75) is 39.1 Å². The Labute approximate surface area is 188 Å². The van der Waals surface area contributed by atoms with E-state index in [9.17, 15) is 0 Å². The van der Waals surface area contributed by atoms with Crippen LogP contribution in [-0.2, 0) is 9.47 Å². The van der Waals surface area contributed by atoms with Crippen LogP contribution < -0.4 is 15.9 Å². The lowest BCUT2D eigenvalue weighted by atomic mass is 10.3. The molecule has 3 aromatic rings. The van der Waals surface area contributed by atoms with Crippen LogP contribution in [0.5, 0.6) is 0 Å². The van der Waals surface area contributed by atoms with E-state index in [-0.39, 0.29) is 0 Å². The highest BCUT2D eigenvalue weighted by Crippen LogP contribution is 2.67. The van der Waals surface area contributed by atoms with Crippen LogP contribution in [0.1, 0.15) is 33.6 Å². The van der Waals surface area contributed by atoms with Crippen LogP contribution in [0.15, 0.2) is 103 Å². The molecule has 0 aliphatic rings. The van der Waals surface area contributed by atoms with E-state index in [1.807, 2.05) is 0 Å². The van der Waals surface area contributed by atoms with E-state index in [2.05, 4.69) is 124 Å². The van der Waals surface area contributed by atoms with Gasteiger partial charge in [-0.05, 0) is 56.7 Å². The molecule has 0 atom stereocenters. The van der Waals surface area contributed by atoms with Gasteiger partial charge in [-0.2, -0.15) is 0 Å².